The molecule has 7 heteroatoms. The summed E-state index contributed by atoms with van der Waals surface area (Å²) in [6.45, 7) is 5.12. The van der Waals surface area contributed by atoms with Crippen molar-refractivity contribution in [2.75, 3.05) is 18.4 Å². The van der Waals surface area contributed by atoms with Crippen molar-refractivity contribution >= 4 is 34.0 Å². The molecule has 0 bridgehead atoms. The van der Waals surface area contributed by atoms with Gasteiger partial charge in [0.05, 0.1) is 5.69 Å². The van der Waals surface area contributed by atoms with Gasteiger partial charge in [-0.15, -0.1) is 11.3 Å². The fourth-order valence-electron chi connectivity index (χ4n) is 2.26. The second-order valence-corrected chi connectivity index (χ2v) is 6.34. The Morgan fingerprint density at radius 2 is 2.43 bits per heavy atom. The topological polar surface area (TPSA) is 58.1 Å². The van der Waals surface area contributed by atoms with Gasteiger partial charge in [0.25, 0.3) is 5.91 Å². The standard InChI is InChI=1S/C14H15ClN4OS/c1-2-19-6-4-10-12(8-19)21-14(17-10)18-13(20)11-7-9(15)3-5-16-11/h3,5,7H,2,4,6,8H2,1H3,(H,17,18,20). The van der Waals surface area contributed by atoms with Crippen LogP contribution in [0.15, 0.2) is 18.3 Å². The number of rotatable bonds is 3. The highest BCUT2D eigenvalue weighted by atomic mass is 35.5. The second kappa shape index (κ2) is 6.09. The number of amides is 1. The molecule has 2 aromatic rings. The van der Waals surface area contributed by atoms with Gasteiger partial charge in [-0.25, -0.2) is 4.98 Å². The minimum absolute atomic E-state index is 0.282. The molecule has 0 spiro atoms. The number of likely N-dealkylation sites (N-methyl/N-ethyl adjacent to an activating group) is 1. The maximum Gasteiger partial charge on any atom is 0.276 e. The van der Waals surface area contributed by atoms with Crippen LogP contribution in [-0.4, -0.2) is 33.9 Å². The number of thiazole rings is 1. The number of fused-ring (bicyclic) bond motifs is 1. The van der Waals surface area contributed by atoms with Crippen LogP contribution in [-0.2, 0) is 13.0 Å². The number of nitrogens with one attached hydrogen (secondary N) is 1. The molecule has 1 aliphatic rings. The molecule has 3 heterocycles. The van der Waals surface area contributed by atoms with Gasteiger partial charge in [-0.05, 0) is 18.7 Å². The molecule has 1 N–H and O–H groups in total. The van der Waals surface area contributed by atoms with Crippen molar-refractivity contribution in [2.24, 2.45) is 0 Å². The molecule has 0 saturated heterocycles. The van der Waals surface area contributed by atoms with Crippen molar-refractivity contribution in [1.29, 1.82) is 0 Å². The van der Waals surface area contributed by atoms with E-state index in [-0.39, 0.29) is 5.91 Å². The van der Waals surface area contributed by atoms with E-state index in [1.54, 1.807) is 12.1 Å². The molecule has 0 aliphatic carbocycles. The Balaban J connectivity index is 1.74. The Morgan fingerprint density at radius 3 is 3.19 bits per heavy atom. The van der Waals surface area contributed by atoms with Crippen LogP contribution in [0, 0.1) is 0 Å². The summed E-state index contributed by atoms with van der Waals surface area (Å²) in [4.78, 5) is 24.2. The first-order valence-electron chi connectivity index (χ1n) is 6.79. The van der Waals surface area contributed by atoms with E-state index >= 15 is 0 Å². The Kier molecular flexibility index (Phi) is 4.19. The van der Waals surface area contributed by atoms with Gasteiger partial charge < -0.3 is 0 Å². The van der Waals surface area contributed by atoms with Crippen molar-refractivity contribution in [1.82, 2.24) is 14.9 Å². The van der Waals surface area contributed by atoms with Crippen LogP contribution in [0.4, 0.5) is 5.13 Å². The Hall–Kier alpha value is -1.50. The predicted octanol–water partition coefficient (Wildman–Crippen LogP) is 2.82. The number of carbonyl (C=O) groups excluding carboxylic acids is 1. The molecule has 110 valence electrons. The van der Waals surface area contributed by atoms with Gasteiger partial charge in [0.1, 0.15) is 5.69 Å². The quantitative estimate of drug-likeness (QED) is 0.944. The third-order valence-electron chi connectivity index (χ3n) is 3.43. The monoisotopic (exact) mass is 322 g/mol. The van der Waals surface area contributed by atoms with E-state index in [0.717, 1.165) is 31.7 Å². The average molecular weight is 323 g/mol. The van der Waals surface area contributed by atoms with Crippen LogP contribution in [0.25, 0.3) is 0 Å². The molecule has 1 amide bonds. The van der Waals surface area contributed by atoms with E-state index in [4.69, 9.17) is 11.6 Å². The van der Waals surface area contributed by atoms with Crippen molar-refractivity contribution in [3.8, 4) is 0 Å². The van der Waals surface area contributed by atoms with Gasteiger partial charge in [0.2, 0.25) is 0 Å². The molecule has 0 fully saturated rings. The number of nitrogens with zero attached hydrogens (tertiary/aromatic N) is 3. The van der Waals surface area contributed by atoms with E-state index in [2.05, 4.69) is 27.1 Å². The van der Waals surface area contributed by atoms with Crippen LogP contribution < -0.4 is 5.32 Å². The fraction of sp³-hybridized carbons (Fsp3) is 0.357. The molecule has 21 heavy (non-hydrogen) atoms. The zero-order chi connectivity index (χ0) is 14.8. The fourth-order valence-corrected chi connectivity index (χ4v) is 3.47. The molecule has 0 unspecified atom stereocenters. The van der Waals surface area contributed by atoms with Gasteiger partial charge in [0.15, 0.2) is 5.13 Å². The van der Waals surface area contributed by atoms with Crippen LogP contribution >= 0.6 is 22.9 Å². The maximum absolute atomic E-state index is 12.1. The summed E-state index contributed by atoms with van der Waals surface area (Å²) >= 11 is 7.40. The SMILES string of the molecule is CCN1CCc2nc(NC(=O)c3cc(Cl)ccn3)sc2C1. The summed E-state index contributed by atoms with van der Waals surface area (Å²) in [5.74, 6) is -0.282. The summed E-state index contributed by atoms with van der Waals surface area (Å²) in [5.41, 5.74) is 1.39. The Bertz CT molecular complexity index is 673. The first-order chi connectivity index (χ1) is 10.2. The number of aromatic nitrogens is 2. The summed E-state index contributed by atoms with van der Waals surface area (Å²) < 4.78 is 0. The van der Waals surface area contributed by atoms with Gasteiger partial charge in [-0.3, -0.25) is 20.0 Å². The van der Waals surface area contributed by atoms with Crippen LogP contribution in [0.3, 0.4) is 0 Å². The highest BCUT2D eigenvalue weighted by Gasteiger charge is 2.20. The number of hydrogen-bond donors (Lipinski definition) is 1. The van der Waals surface area contributed by atoms with Crippen molar-refractivity contribution < 1.29 is 4.79 Å². The van der Waals surface area contributed by atoms with Gasteiger partial charge >= 0.3 is 0 Å². The van der Waals surface area contributed by atoms with E-state index in [0.29, 0.717) is 15.8 Å². The minimum atomic E-state index is -0.282. The highest BCUT2D eigenvalue weighted by Crippen LogP contribution is 2.28. The lowest BCUT2D eigenvalue weighted by molar-refractivity contribution is 0.102. The van der Waals surface area contributed by atoms with Crippen LogP contribution in [0.1, 0.15) is 28.0 Å². The zero-order valence-corrected chi connectivity index (χ0v) is 13.2. The molecule has 0 saturated carbocycles. The third kappa shape index (κ3) is 3.23. The average Bonchev–Trinajstić information content (AvgIpc) is 2.88. The minimum Gasteiger partial charge on any atom is -0.298 e. The molecule has 0 aromatic carbocycles. The van der Waals surface area contributed by atoms with Crippen LogP contribution in [0.5, 0.6) is 0 Å². The lowest BCUT2D eigenvalue weighted by atomic mass is 10.2. The van der Waals surface area contributed by atoms with Crippen LogP contribution in [0.2, 0.25) is 5.02 Å². The zero-order valence-electron chi connectivity index (χ0n) is 11.6. The lowest BCUT2D eigenvalue weighted by Gasteiger charge is -2.23. The third-order valence-corrected chi connectivity index (χ3v) is 4.67. The largest absolute Gasteiger partial charge is 0.298 e. The molecular formula is C14H15ClN4OS. The van der Waals surface area contributed by atoms with Gasteiger partial charge in [-0.2, -0.15) is 0 Å². The molecule has 0 atom stereocenters. The van der Waals surface area contributed by atoms with Crippen molar-refractivity contribution in [2.45, 2.75) is 19.9 Å². The van der Waals surface area contributed by atoms with Crippen molar-refractivity contribution in [3.05, 3.63) is 39.6 Å². The molecular weight excluding hydrogens is 308 g/mol. The molecule has 3 rings (SSSR count). The smallest absolute Gasteiger partial charge is 0.276 e. The second-order valence-electron chi connectivity index (χ2n) is 4.82. The molecule has 0 radical (unpaired) electrons. The first-order valence-corrected chi connectivity index (χ1v) is 7.99. The molecule has 2 aromatic heterocycles. The normalized spacial score (nSPS) is 14.8. The maximum atomic E-state index is 12.1. The highest BCUT2D eigenvalue weighted by molar-refractivity contribution is 7.15. The number of carbonyl (C=O) groups is 1. The summed E-state index contributed by atoms with van der Waals surface area (Å²) in [5, 5.41) is 3.93. The van der Waals surface area contributed by atoms with Gasteiger partial charge in [-0.1, -0.05) is 18.5 Å². The lowest BCUT2D eigenvalue weighted by Crippen LogP contribution is -2.29. The first kappa shape index (κ1) is 14.4. The summed E-state index contributed by atoms with van der Waals surface area (Å²) in [6, 6.07) is 3.18. The van der Waals surface area contributed by atoms with Gasteiger partial charge in [0, 0.05) is 35.6 Å². The number of anilines is 1. The summed E-state index contributed by atoms with van der Waals surface area (Å²) in [6.07, 6.45) is 2.45. The number of halogens is 1. The Labute approximate surface area is 132 Å². The molecule has 5 nitrogen and oxygen atoms in total. The Morgan fingerprint density at radius 1 is 1.57 bits per heavy atom. The number of pyridine rings is 1. The predicted molar refractivity (Wildman–Crippen MR) is 84.0 cm³/mol. The molecule has 1 aliphatic heterocycles. The van der Waals surface area contributed by atoms with E-state index in [1.807, 2.05) is 0 Å². The number of hydrogen-bond acceptors (Lipinski definition) is 5. The van der Waals surface area contributed by atoms with E-state index in [1.165, 1.54) is 22.4 Å². The van der Waals surface area contributed by atoms with E-state index < -0.39 is 0 Å². The van der Waals surface area contributed by atoms with E-state index in [9.17, 15) is 4.79 Å². The summed E-state index contributed by atoms with van der Waals surface area (Å²) in [7, 11) is 0. The van der Waals surface area contributed by atoms with Crippen molar-refractivity contribution in [3.63, 3.8) is 0 Å².